The van der Waals surface area contributed by atoms with Gasteiger partial charge in [-0.2, -0.15) is 4.31 Å². The zero-order valence-electron chi connectivity index (χ0n) is 16.6. The normalized spacial score (nSPS) is 18.1. The third-order valence-corrected chi connectivity index (χ3v) is 7.41. The maximum absolute atomic E-state index is 13.0. The van der Waals surface area contributed by atoms with E-state index in [1.165, 1.54) is 4.31 Å². The van der Waals surface area contributed by atoms with Crippen LogP contribution in [0.5, 0.6) is 0 Å². The molecule has 8 heteroatoms. The highest BCUT2D eigenvalue weighted by Crippen LogP contribution is 2.28. The van der Waals surface area contributed by atoms with E-state index in [1.54, 1.807) is 17.9 Å². The lowest BCUT2D eigenvalue weighted by Gasteiger charge is -2.34. The molecule has 28 heavy (non-hydrogen) atoms. The van der Waals surface area contributed by atoms with Crippen molar-refractivity contribution in [3.05, 3.63) is 29.3 Å². The smallest absolute Gasteiger partial charge is 0.243 e. The number of benzene rings is 1. The van der Waals surface area contributed by atoms with E-state index >= 15 is 0 Å². The standard InChI is InChI=1S/C20H29N3O4S/c1-15-5-6-16(2)18(14-15)28(26,27)23-12-10-22(11-13-23)19(24)4-3-9-21-20(25)17-7-8-17/h5-6,14,17H,3-4,7-13H2,1-2H3,(H,21,25). The molecule has 1 heterocycles. The number of nitrogens with one attached hydrogen (secondary N) is 1. The molecule has 2 amide bonds. The summed E-state index contributed by atoms with van der Waals surface area (Å²) in [6.07, 6.45) is 2.92. The first-order chi connectivity index (χ1) is 13.3. The Morgan fingerprint density at radius 2 is 1.79 bits per heavy atom. The number of rotatable bonds is 7. The molecular weight excluding hydrogens is 378 g/mol. The van der Waals surface area contributed by atoms with Crippen molar-refractivity contribution in [1.29, 1.82) is 0 Å². The Hall–Kier alpha value is -1.93. The van der Waals surface area contributed by atoms with E-state index in [0.717, 1.165) is 24.0 Å². The number of aryl methyl sites for hydroxylation is 2. The van der Waals surface area contributed by atoms with Gasteiger partial charge in [0.2, 0.25) is 21.8 Å². The maximum Gasteiger partial charge on any atom is 0.243 e. The number of carbonyl (C=O) groups is 2. The van der Waals surface area contributed by atoms with Crippen LogP contribution in [-0.4, -0.2) is 62.2 Å². The molecule has 1 saturated heterocycles. The molecule has 1 aromatic carbocycles. The minimum Gasteiger partial charge on any atom is -0.356 e. The molecule has 0 unspecified atom stereocenters. The van der Waals surface area contributed by atoms with Crippen molar-refractivity contribution >= 4 is 21.8 Å². The molecule has 0 bridgehead atoms. The summed E-state index contributed by atoms with van der Waals surface area (Å²) < 4.78 is 27.4. The Kier molecular flexibility index (Phi) is 6.40. The van der Waals surface area contributed by atoms with Crippen LogP contribution in [0.3, 0.4) is 0 Å². The van der Waals surface area contributed by atoms with Crippen molar-refractivity contribution in [1.82, 2.24) is 14.5 Å². The summed E-state index contributed by atoms with van der Waals surface area (Å²) in [4.78, 5) is 26.0. The Morgan fingerprint density at radius 1 is 1.11 bits per heavy atom. The van der Waals surface area contributed by atoms with Gasteiger partial charge in [-0.3, -0.25) is 9.59 Å². The molecule has 0 radical (unpaired) electrons. The Labute approximate surface area is 167 Å². The van der Waals surface area contributed by atoms with E-state index in [1.807, 2.05) is 19.1 Å². The highest BCUT2D eigenvalue weighted by Gasteiger charge is 2.31. The van der Waals surface area contributed by atoms with Crippen molar-refractivity contribution in [2.45, 2.75) is 44.4 Å². The molecule has 0 aromatic heterocycles. The first-order valence-electron chi connectivity index (χ1n) is 9.92. The number of hydrogen-bond donors (Lipinski definition) is 1. The highest BCUT2D eigenvalue weighted by molar-refractivity contribution is 7.89. The Balaban J connectivity index is 1.47. The number of nitrogens with zero attached hydrogens (tertiary/aromatic N) is 2. The zero-order valence-corrected chi connectivity index (χ0v) is 17.4. The molecular formula is C20H29N3O4S. The average Bonchev–Trinajstić information content (AvgIpc) is 3.52. The van der Waals surface area contributed by atoms with Crippen molar-refractivity contribution < 1.29 is 18.0 Å². The molecule has 0 atom stereocenters. The average molecular weight is 408 g/mol. The van der Waals surface area contributed by atoms with Crippen LogP contribution < -0.4 is 5.32 Å². The van der Waals surface area contributed by atoms with Gasteiger partial charge in [-0.1, -0.05) is 12.1 Å². The van der Waals surface area contributed by atoms with Crippen molar-refractivity contribution in [3.8, 4) is 0 Å². The van der Waals surface area contributed by atoms with Crippen molar-refractivity contribution in [2.24, 2.45) is 5.92 Å². The van der Waals surface area contributed by atoms with Gasteiger partial charge < -0.3 is 10.2 Å². The maximum atomic E-state index is 13.0. The lowest BCUT2D eigenvalue weighted by atomic mass is 10.2. The van der Waals surface area contributed by atoms with Crippen LogP contribution in [0.1, 0.15) is 36.8 Å². The second-order valence-corrected chi connectivity index (χ2v) is 9.63. The molecule has 1 N–H and O–H groups in total. The van der Waals surface area contributed by atoms with Gasteiger partial charge in [-0.15, -0.1) is 0 Å². The van der Waals surface area contributed by atoms with E-state index in [9.17, 15) is 18.0 Å². The van der Waals surface area contributed by atoms with Gasteiger partial charge in [0.25, 0.3) is 0 Å². The van der Waals surface area contributed by atoms with Gasteiger partial charge in [0, 0.05) is 45.1 Å². The van der Waals surface area contributed by atoms with Crippen LogP contribution >= 0.6 is 0 Å². The monoisotopic (exact) mass is 407 g/mol. The lowest BCUT2D eigenvalue weighted by Crippen LogP contribution is -2.50. The van der Waals surface area contributed by atoms with E-state index in [2.05, 4.69) is 5.32 Å². The molecule has 1 saturated carbocycles. The number of piperazine rings is 1. The van der Waals surface area contributed by atoms with Crippen LogP contribution in [0.15, 0.2) is 23.1 Å². The Bertz CT molecular complexity index is 841. The summed E-state index contributed by atoms with van der Waals surface area (Å²) in [6, 6.07) is 5.43. The third kappa shape index (κ3) is 4.91. The van der Waals surface area contributed by atoms with E-state index in [0.29, 0.717) is 50.5 Å². The van der Waals surface area contributed by atoms with Gasteiger partial charge in [0.05, 0.1) is 4.90 Å². The fraction of sp³-hybridized carbons (Fsp3) is 0.600. The van der Waals surface area contributed by atoms with E-state index in [-0.39, 0.29) is 17.7 Å². The van der Waals surface area contributed by atoms with Crippen LogP contribution in [0.25, 0.3) is 0 Å². The summed E-state index contributed by atoms with van der Waals surface area (Å²) in [5.41, 5.74) is 1.64. The number of hydrogen-bond acceptors (Lipinski definition) is 4. The zero-order chi connectivity index (χ0) is 20.3. The fourth-order valence-electron chi connectivity index (χ4n) is 3.40. The van der Waals surface area contributed by atoms with Crippen LogP contribution in [-0.2, 0) is 19.6 Å². The molecule has 2 aliphatic rings. The summed E-state index contributed by atoms with van der Waals surface area (Å²) in [6.45, 7) is 5.60. The summed E-state index contributed by atoms with van der Waals surface area (Å²) >= 11 is 0. The molecule has 1 aromatic rings. The SMILES string of the molecule is Cc1ccc(C)c(S(=O)(=O)N2CCN(C(=O)CCCNC(=O)C3CC3)CC2)c1. The largest absolute Gasteiger partial charge is 0.356 e. The number of amides is 2. The van der Waals surface area contributed by atoms with E-state index < -0.39 is 10.0 Å². The fourth-order valence-corrected chi connectivity index (χ4v) is 5.13. The molecule has 2 fully saturated rings. The molecule has 1 aliphatic heterocycles. The quantitative estimate of drug-likeness (QED) is 0.693. The molecule has 7 nitrogen and oxygen atoms in total. The van der Waals surface area contributed by atoms with Gasteiger partial charge in [-0.25, -0.2) is 8.42 Å². The molecule has 154 valence electrons. The van der Waals surface area contributed by atoms with Gasteiger partial charge in [0.15, 0.2) is 0 Å². The predicted octanol–water partition coefficient (Wildman–Crippen LogP) is 1.44. The van der Waals surface area contributed by atoms with Gasteiger partial charge in [0.1, 0.15) is 0 Å². The van der Waals surface area contributed by atoms with Crippen LogP contribution in [0.2, 0.25) is 0 Å². The number of carbonyl (C=O) groups excluding carboxylic acids is 2. The molecule has 1 aliphatic carbocycles. The molecule has 3 rings (SSSR count). The van der Waals surface area contributed by atoms with Gasteiger partial charge in [-0.05, 0) is 50.3 Å². The topological polar surface area (TPSA) is 86.8 Å². The van der Waals surface area contributed by atoms with Crippen molar-refractivity contribution in [2.75, 3.05) is 32.7 Å². The number of sulfonamides is 1. The summed E-state index contributed by atoms with van der Waals surface area (Å²) in [7, 11) is -3.55. The minimum atomic E-state index is -3.55. The lowest BCUT2D eigenvalue weighted by molar-refractivity contribution is -0.132. The minimum absolute atomic E-state index is 0.0180. The first-order valence-corrected chi connectivity index (χ1v) is 11.4. The Morgan fingerprint density at radius 3 is 2.43 bits per heavy atom. The second-order valence-electron chi connectivity index (χ2n) is 7.72. The molecule has 0 spiro atoms. The van der Waals surface area contributed by atoms with E-state index in [4.69, 9.17) is 0 Å². The summed E-state index contributed by atoms with van der Waals surface area (Å²) in [5, 5.41) is 2.86. The third-order valence-electron chi connectivity index (χ3n) is 5.37. The highest BCUT2D eigenvalue weighted by atomic mass is 32.2. The predicted molar refractivity (Wildman–Crippen MR) is 106 cm³/mol. The van der Waals surface area contributed by atoms with Crippen LogP contribution in [0, 0.1) is 19.8 Å². The van der Waals surface area contributed by atoms with Crippen LogP contribution in [0.4, 0.5) is 0 Å². The summed E-state index contributed by atoms with van der Waals surface area (Å²) in [5.74, 6) is 0.296. The van der Waals surface area contributed by atoms with Crippen molar-refractivity contribution in [3.63, 3.8) is 0 Å². The first kappa shape index (κ1) is 20.8. The second kappa shape index (κ2) is 8.61. The van der Waals surface area contributed by atoms with Gasteiger partial charge >= 0.3 is 0 Å².